The number of nitrogens with one attached hydrogen (secondary N) is 2. The van der Waals surface area contributed by atoms with Crippen LogP contribution in [0.5, 0.6) is 5.75 Å². The van der Waals surface area contributed by atoms with Crippen LogP contribution in [0.1, 0.15) is 22.5 Å². The van der Waals surface area contributed by atoms with Crippen LogP contribution in [-0.4, -0.2) is 30.3 Å². The smallest absolute Gasteiger partial charge is 0.267 e. The van der Waals surface area contributed by atoms with Gasteiger partial charge in [-0.25, -0.2) is 0 Å². The van der Waals surface area contributed by atoms with E-state index in [9.17, 15) is 4.79 Å². The zero-order valence-corrected chi connectivity index (χ0v) is 14.6. The lowest BCUT2D eigenvalue weighted by Gasteiger charge is -2.12. The number of thiocarbonyl (C=S) groups is 1. The van der Waals surface area contributed by atoms with Gasteiger partial charge in [-0.3, -0.25) is 10.1 Å². The first-order chi connectivity index (χ1) is 11.7. The molecule has 24 heavy (non-hydrogen) atoms. The lowest BCUT2D eigenvalue weighted by atomic mass is 10.2. The van der Waals surface area contributed by atoms with Crippen LogP contribution < -0.4 is 15.4 Å². The molecule has 1 aromatic heterocycles. The van der Waals surface area contributed by atoms with Gasteiger partial charge in [0.1, 0.15) is 12.4 Å². The highest BCUT2D eigenvalue weighted by Crippen LogP contribution is 2.18. The van der Waals surface area contributed by atoms with E-state index in [1.54, 1.807) is 6.07 Å². The number of ether oxygens (including phenoxy) is 2. The van der Waals surface area contributed by atoms with Gasteiger partial charge >= 0.3 is 0 Å². The molecule has 1 amide bonds. The van der Waals surface area contributed by atoms with Crippen molar-refractivity contribution in [1.82, 2.24) is 5.32 Å². The maximum Gasteiger partial charge on any atom is 0.267 e. The fourth-order valence-corrected chi connectivity index (χ4v) is 3.16. The summed E-state index contributed by atoms with van der Waals surface area (Å²) >= 11 is 6.53. The first kappa shape index (κ1) is 16.9. The van der Waals surface area contributed by atoms with Gasteiger partial charge in [0.05, 0.1) is 11.0 Å². The molecule has 5 nitrogen and oxygen atoms in total. The molecule has 1 saturated heterocycles. The van der Waals surface area contributed by atoms with Crippen molar-refractivity contribution in [3.8, 4) is 5.75 Å². The molecule has 1 atom stereocenters. The Labute approximate surface area is 150 Å². The second-order valence-corrected chi connectivity index (χ2v) is 6.71. The van der Waals surface area contributed by atoms with Crippen molar-refractivity contribution in [2.24, 2.45) is 0 Å². The standard InChI is InChI=1S/C17H18N2O3S2/c20-16(15-4-2-10-24-15)19-17(23)18-12-5-7-13(8-6-12)22-11-14-3-1-9-21-14/h2,4-8,10,14H,1,3,9,11H2,(H2,18,19,20,23). The second kappa shape index (κ2) is 8.23. The highest BCUT2D eigenvalue weighted by molar-refractivity contribution is 7.80. The van der Waals surface area contributed by atoms with Crippen LogP contribution in [0.3, 0.4) is 0 Å². The van der Waals surface area contributed by atoms with Gasteiger partial charge < -0.3 is 14.8 Å². The van der Waals surface area contributed by atoms with Gasteiger partial charge in [-0.1, -0.05) is 6.07 Å². The van der Waals surface area contributed by atoms with Gasteiger partial charge in [0.15, 0.2) is 5.11 Å². The predicted octanol–water partition coefficient (Wildman–Crippen LogP) is 3.43. The number of thiophene rings is 1. The first-order valence-corrected chi connectivity index (χ1v) is 9.00. The summed E-state index contributed by atoms with van der Waals surface area (Å²) in [5, 5.41) is 7.75. The highest BCUT2D eigenvalue weighted by atomic mass is 32.1. The van der Waals surface area contributed by atoms with Gasteiger partial charge in [0.2, 0.25) is 0 Å². The van der Waals surface area contributed by atoms with Crippen molar-refractivity contribution in [3.05, 3.63) is 46.7 Å². The Bertz CT molecular complexity index is 680. The van der Waals surface area contributed by atoms with E-state index in [4.69, 9.17) is 21.7 Å². The molecule has 1 unspecified atom stereocenters. The number of carbonyl (C=O) groups is 1. The molecule has 7 heteroatoms. The van der Waals surface area contributed by atoms with Crippen molar-refractivity contribution >= 4 is 40.3 Å². The van der Waals surface area contributed by atoms with E-state index in [0.29, 0.717) is 11.5 Å². The number of anilines is 1. The summed E-state index contributed by atoms with van der Waals surface area (Å²) in [5.41, 5.74) is 0.788. The molecule has 0 aliphatic carbocycles. The Kier molecular flexibility index (Phi) is 5.79. The Morgan fingerprint density at radius 3 is 2.83 bits per heavy atom. The maximum atomic E-state index is 11.9. The van der Waals surface area contributed by atoms with Crippen LogP contribution in [0.25, 0.3) is 0 Å². The van der Waals surface area contributed by atoms with Crippen molar-refractivity contribution in [1.29, 1.82) is 0 Å². The number of hydrogen-bond donors (Lipinski definition) is 2. The molecular formula is C17H18N2O3S2. The Morgan fingerprint density at radius 2 is 2.17 bits per heavy atom. The number of hydrogen-bond acceptors (Lipinski definition) is 5. The van der Waals surface area contributed by atoms with Crippen molar-refractivity contribution in [3.63, 3.8) is 0 Å². The van der Waals surface area contributed by atoms with Gasteiger partial charge in [0, 0.05) is 12.3 Å². The summed E-state index contributed by atoms with van der Waals surface area (Å²) in [7, 11) is 0. The minimum atomic E-state index is -0.209. The summed E-state index contributed by atoms with van der Waals surface area (Å²) in [6.45, 7) is 1.40. The van der Waals surface area contributed by atoms with E-state index >= 15 is 0 Å². The Hall–Kier alpha value is -1.96. The number of amides is 1. The van der Waals surface area contributed by atoms with Crippen LogP contribution in [0.2, 0.25) is 0 Å². The van der Waals surface area contributed by atoms with Crippen LogP contribution in [-0.2, 0) is 4.74 Å². The number of carbonyl (C=O) groups excluding carboxylic acids is 1. The number of rotatable bonds is 5. The van der Waals surface area contributed by atoms with E-state index in [1.807, 2.05) is 35.7 Å². The fourth-order valence-electron chi connectivity index (χ4n) is 2.33. The van der Waals surface area contributed by atoms with E-state index in [1.165, 1.54) is 11.3 Å². The third kappa shape index (κ3) is 4.77. The third-order valence-electron chi connectivity index (χ3n) is 3.54. The summed E-state index contributed by atoms with van der Waals surface area (Å²) in [6, 6.07) is 11.0. The van der Waals surface area contributed by atoms with Crippen LogP contribution >= 0.6 is 23.6 Å². The predicted molar refractivity (Wildman–Crippen MR) is 98.9 cm³/mol. The molecule has 0 bridgehead atoms. The third-order valence-corrected chi connectivity index (χ3v) is 4.62. The van der Waals surface area contributed by atoms with Crippen molar-refractivity contribution < 1.29 is 14.3 Å². The molecule has 1 aliphatic rings. The minimum Gasteiger partial charge on any atom is -0.491 e. The van der Waals surface area contributed by atoms with Gasteiger partial charge in [0.25, 0.3) is 5.91 Å². The lowest BCUT2D eigenvalue weighted by Crippen LogP contribution is -2.33. The molecule has 1 fully saturated rings. The van der Waals surface area contributed by atoms with E-state index in [2.05, 4.69) is 10.6 Å². The van der Waals surface area contributed by atoms with Gasteiger partial charge in [-0.05, 0) is 60.8 Å². The van der Waals surface area contributed by atoms with E-state index in [0.717, 1.165) is 30.9 Å². The fraction of sp³-hybridized carbons (Fsp3) is 0.294. The largest absolute Gasteiger partial charge is 0.491 e. The molecule has 1 aliphatic heterocycles. The van der Waals surface area contributed by atoms with Crippen LogP contribution in [0, 0.1) is 0 Å². The average molecular weight is 362 g/mol. The Morgan fingerprint density at radius 1 is 1.33 bits per heavy atom. The first-order valence-electron chi connectivity index (χ1n) is 7.71. The molecular weight excluding hydrogens is 344 g/mol. The summed E-state index contributed by atoms with van der Waals surface area (Å²) in [6.07, 6.45) is 2.35. The Balaban J connectivity index is 1.46. The normalized spacial score (nSPS) is 16.6. The highest BCUT2D eigenvalue weighted by Gasteiger charge is 2.16. The maximum absolute atomic E-state index is 11.9. The summed E-state index contributed by atoms with van der Waals surface area (Å²) < 4.78 is 11.2. The second-order valence-electron chi connectivity index (χ2n) is 5.36. The van der Waals surface area contributed by atoms with Crippen LogP contribution in [0.15, 0.2) is 41.8 Å². The molecule has 0 saturated carbocycles. The molecule has 0 radical (unpaired) electrons. The molecule has 3 rings (SSSR count). The van der Waals surface area contributed by atoms with E-state index < -0.39 is 0 Å². The molecule has 2 aromatic rings. The minimum absolute atomic E-state index is 0.197. The van der Waals surface area contributed by atoms with Crippen molar-refractivity contribution in [2.45, 2.75) is 18.9 Å². The number of benzene rings is 1. The zero-order chi connectivity index (χ0) is 16.8. The van der Waals surface area contributed by atoms with Crippen molar-refractivity contribution in [2.75, 3.05) is 18.5 Å². The SMILES string of the molecule is O=C(NC(=S)Nc1ccc(OCC2CCCO2)cc1)c1cccs1. The monoisotopic (exact) mass is 362 g/mol. The summed E-state index contributed by atoms with van der Waals surface area (Å²) in [5.74, 6) is 0.573. The molecule has 2 N–H and O–H groups in total. The molecule has 126 valence electrons. The molecule has 0 spiro atoms. The summed E-state index contributed by atoms with van der Waals surface area (Å²) in [4.78, 5) is 12.5. The van der Waals surface area contributed by atoms with E-state index in [-0.39, 0.29) is 17.1 Å². The molecule has 2 heterocycles. The lowest BCUT2D eigenvalue weighted by molar-refractivity contribution is 0.0679. The zero-order valence-electron chi connectivity index (χ0n) is 13.0. The quantitative estimate of drug-likeness (QED) is 0.798. The van der Waals surface area contributed by atoms with Crippen LogP contribution in [0.4, 0.5) is 5.69 Å². The van der Waals surface area contributed by atoms with Gasteiger partial charge in [-0.2, -0.15) is 0 Å². The van der Waals surface area contributed by atoms with Gasteiger partial charge in [-0.15, -0.1) is 11.3 Å². The topological polar surface area (TPSA) is 59.6 Å². The average Bonchev–Trinajstić information content (AvgIpc) is 3.28. The molecule has 1 aromatic carbocycles.